The standard InChI is InChI=1S/C18H25NS/c1-13(2)6-7-16(17(20)12-19)15-9-11-18(4,5)10-8-14(15)3/h6-13,19-20H,1-5H3/b7-6-,17-16-,19-12?. The van der Waals surface area contributed by atoms with Crippen LogP contribution in [0.5, 0.6) is 0 Å². The number of nitrogens with one attached hydrogen (secondary N) is 1. The number of rotatable bonds is 4. The molecule has 1 nitrogen and oxygen atoms in total. The molecule has 2 heteroatoms. The molecule has 1 N–H and O–H groups in total. The van der Waals surface area contributed by atoms with Crippen LogP contribution in [-0.4, -0.2) is 6.21 Å². The molecule has 20 heavy (non-hydrogen) atoms. The second kappa shape index (κ2) is 6.94. The van der Waals surface area contributed by atoms with Crippen molar-refractivity contribution >= 4 is 18.8 Å². The maximum absolute atomic E-state index is 7.48. The van der Waals surface area contributed by atoms with Gasteiger partial charge in [0.15, 0.2) is 0 Å². The van der Waals surface area contributed by atoms with Crippen LogP contribution in [0.3, 0.4) is 0 Å². The largest absolute Gasteiger partial charge is 0.308 e. The summed E-state index contributed by atoms with van der Waals surface area (Å²) in [4.78, 5) is 0.689. The summed E-state index contributed by atoms with van der Waals surface area (Å²) in [7, 11) is 0. The van der Waals surface area contributed by atoms with E-state index in [-0.39, 0.29) is 5.41 Å². The molecule has 0 aliphatic heterocycles. The van der Waals surface area contributed by atoms with Crippen molar-refractivity contribution in [2.24, 2.45) is 11.3 Å². The minimum absolute atomic E-state index is 0.0529. The molecule has 1 aliphatic rings. The van der Waals surface area contributed by atoms with E-state index in [2.05, 4.69) is 83.7 Å². The molecule has 0 aromatic carbocycles. The predicted octanol–water partition coefficient (Wildman–Crippen LogP) is 5.50. The molecule has 0 bridgehead atoms. The van der Waals surface area contributed by atoms with Gasteiger partial charge in [-0.25, -0.2) is 0 Å². The van der Waals surface area contributed by atoms with Crippen LogP contribution in [0.25, 0.3) is 0 Å². The molecule has 0 spiro atoms. The van der Waals surface area contributed by atoms with Crippen LogP contribution in [0.4, 0.5) is 0 Å². The van der Waals surface area contributed by atoms with Gasteiger partial charge in [0.1, 0.15) is 0 Å². The van der Waals surface area contributed by atoms with Crippen LogP contribution in [-0.2, 0) is 0 Å². The Morgan fingerprint density at radius 1 is 1.25 bits per heavy atom. The fourth-order valence-electron chi connectivity index (χ4n) is 1.90. The monoisotopic (exact) mass is 287 g/mol. The Kier molecular flexibility index (Phi) is 5.82. The number of hydrogen-bond acceptors (Lipinski definition) is 2. The highest BCUT2D eigenvalue weighted by Crippen LogP contribution is 2.30. The summed E-state index contributed by atoms with van der Waals surface area (Å²) in [6.45, 7) is 10.8. The summed E-state index contributed by atoms with van der Waals surface area (Å²) >= 11 is 4.45. The molecule has 0 fully saturated rings. The van der Waals surface area contributed by atoms with Crippen LogP contribution < -0.4 is 0 Å². The summed E-state index contributed by atoms with van der Waals surface area (Å²) in [6, 6.07) is 0. The summed E-state index contributed by atoms with van der Waals surface area (Å²) in [6.07, 6.45) is 14.2. The van der Waals surface area contributed by atoms with Gasteiger partial charge in [-0.3, -0.25) is 0 Å². The zero-order valence-electron chi connectivity index (χ0n) is 13.1. The van der Waals surface area contributed by atoms with E-state index in [0.29, 0.717) is 10.8 Å². The van der Waals surface area contributed by atoms with Crippen LogP contribution in [0.2, 0.25) is 0 Å². The van der Waals surface area contributed by atoms with Gasteiger partial charge < -0.3 is 5.41 Å². The Morgan fingerprint density at radius 2 is 1.85 bits per heavy atom. The number of hydrogen-bond donors (Lipinski definition) is 2. The number of thiol groups is 1. The fraction of sp³-hybridized carbons (Fsp3) is 0.389. The van der Waals surface area contributed by atoms with Crippen molar-refractivity contribution in [3.63, 3.8) is 0 Å². The highest BCUT2D eigenvalue weighted by atomic mass is 32.1. The normalized spacial score (nSPS) is 19.6. The minimum atomic E-state index is 0.0529. The zero-order chi connectivity index (χ0) is 15.3. The van der Waals surface area contributed by atoms with Gasteiger partial charge in [-0.05, 0) is 29.6 Å². The lowest BCUT2D eigenvalue weighted by atomic mass is 9.92. The highest BCUT2D eigenvalue weighted by Gasteiger charge is 2.14. The van der Waals surface area contributed by atoms with Crippen molar-refractivity contribution in [2.75, 3.05) is 0 Å². The van der Waals surface area contributed by atoms with Crippen LogP contribution >= 0.6 is 12.6 Å². The van der Waals surface area contributed by atoms with Crippen molar-refractivity contribution in [3.05, 3.63) is 58.1 Å². The van der Waals surface area contributed by atoms with Crippen molar-refractivity contribution < 1.29 is 0 Å². The maximum atomic E-state index is 7.48. The summed E-state index contributed by atoms with van der Waals surface area (Å²) in [5.74, 6) is 0.472. The van der Waals surface area contributed by atoms with Gasteiger partial charge in [-0.15, -0.1) is 12.6 Å². The first-order valence-electron chi connectivity index (χ1n) is 6.98. The molecular weight excluding hydrogens is 262 g/mol. The second-order valence-electron chi connectivity index (χ2n) is 6.13. The molecule has 0 aromatic heterocycles. The van der Waals surface area contributed by atoms with Gasteiger partial charge in [0, 0.05) is 16.5 Å². The molecule has 0 saturated heterocycles. The Labute approximate surface area is 128 Å². The lowest BCUT2D eigenvalue weighted by molar-refractivity contribution is 0.626. The molecule has 0 heterocycles. The van der Waals surface area contributed by atoms with E-state index in [1.54, 1.807) is 0 Å². The predicted molar refractivity (Wildman–Crippen MR) is 93.5 cm³/mol. The van der Waals surface area contributed by atoms with E-state index < -0.39 is 0 Å². The Balaban J connectivity index is 3.35. The van der Waals surface area contributed by atoms with Gasteiger partial charge in [0.05, 0.1) is 0 Å². The maximum Gasteiger partial charge on any atom is 0.0317 e. The van der Waals surface area contributed by atoms with E-state index in [4.69, 9.17) is 5.41 Å². The molecule has 1 aliphatic carbocycles. The molecule has 0 amide bonds. The fourth-order valence-corrected chi connectivity index (χ4v) is 2.09. The molecule has 0 atom stereocenters. The van der Waals surface area contributed by atoms with Gasteiger partial charge in [0.2, 0.25) is 0 Å². The quantitative estimate of drug-likeness (QED) is 0.387. The topological polar surface area (TPSA) is 23.9 Å². The first-order chi connectivity index (χ1) is 9.26. The third-order valence-corrected chi connectivity index (χ3v) is 3.59. The zero-order valence-corrected chi connectivity index (χ0v) is 14.0. The lowest BCUT2D eigenvalue weighted by Crippen LogP contribution is -2.00. The summed E-state index contributed by atoms with van der Waals surface area (Å²) in [5.41, 5.74) is 3.39. The van der Waals surface area contributed by atoms with Gasteiger partial charge in [-0.1, -0.05) is 64.2 Å². The average Bonchev–Trinajstić information content (AvgIpc) is 2.50. The van der Waals surface area contributed by atoms with E-state index in [1.807, 2.05) is 0 Å². The van der Waals surface area contributed by atoms with Gasteiger partial charge >= 0.3 is 0 Å². The molecular formula is C18H25NS. The SMILES string of the molecule is CC1=C(C(/C=C\C(C)C)=C(\S)C=N)C=CC(C)(C)C=C1. The van der Waals surface area contributed by atoms with Crippen molar-refractivity contribution in [2.45, 2.75) is 34.6 Å². The Hall–Kier alpha value is -1.28. The highest BCUT2D eigenvalue weighted by molar-refractivity contribution is 7.85. The Bertz CT molecular complexity index is 526. The molecule has 0 saturated carbocycles. The van der Waals surface area contributed by atoms with Crippen molar-refractivity contribution in [3.8, 4) is 0 Å². The third-order valence-electron chi connectivity index (χ3n) is 3.22. The summed E-state index contributed by atoms with van der Waals surface area (Å²) in [5, 5.41) is 7.48. The molecule has 0 radical (unpaired) electrons. The van der Waals surface area contributed by atoms with E-state index in [1.165, 1.54) is 11.8 Å². The smallest absolute Gasteiger partial charge is 0.0317 e. The van der Waals surface area contributed by atoms with Crippen LogP contribution in [0, 0.1) is 16.7 Å². The minimum Gasteiger partial charge on any atom is -0.308 e. The molecule has 108 valence electrons. The molecule has 0 aromatic rings. The first-order valence-corrected chi connectivity index (χ1v) is 7.43. The third kappa shape index (κ3) is 4.68. The van der Waals surface area contributed by atoms with Gasteiger partial charge in [-0.2, -0.15) is 0 Å². The molecule has 1 rings (SSSR count). The lowest BCUT2D eigenvalue weighted by Gasteiger charge is -2.13. The molecule has 0 unspecified atom stereocenters. The van der Waals surface area contributed by atoms with E-state index in [9.17, 15) is 0 Å². The number of allylic oxidation sites excluding steroid dienone is 10. The Morgan fingerprint density at radius 3 is 2.40 bits per heavy atom. The van der Waals surface area contributed by atoms with E-state index in [0.717, 1.165) is 11.1 Å². The van der Waals surface area contributed by atoms with Crippen molar-refractivity contribution in [1.82, 2.24) is 0 Å². The summed E-state index contributed by atoms with van der Waals surface area (Å²) < 4.78 is 0. The first kappa shape index (κ1) is 16.8. The average molecular weight is 287 g/mol. The second-order valence-corrected chi connectivity index (χ2v) is 6.61. The van der Waals surface area contributed by atoms with Crippen molar-refractivity contribution in [1.29, 1.82) is 5.41 Å². The van der Waals surface area contributed by atoms with E-state index >= 15 is 0 Å². The van der Waals surface area contributed by atoms with Crippen LogP contribution in [0.1, 0.15) is 34.6 Å². The van der Waals surface area contributed by atoms with Gasteiger partial charge in [0.25, 0.3) is 0 Å². The van der Waals surface area contributed by atoms with Crippen LogP contribution in [0.15, 0.2) is 58.1 Å².